The first-order chi connectivity index (χ1) is 9.83. The molecule has 1 aromatic rings. The van der Waals surface area contributed by atoms with E-state index in [1.807, 2.05) is 0 Å². The minimum atomic E-state index is -0.213. The van der Waals surface area contributed by atoms with Gasteiger partial charge in [-0.15, -0.1) is 0 Å². The van der Waals surface area contributed by atoms with Crippen LogP contribution in [0.5, 0.6) is 5.75 Å². The van der Waals surface area contributed by atoms with Gasteiger partial charge in [-0.2, -0.15) is 0 Å². The third-order valence-corrected chi connectivity index (χ3v) is 3.88. The summed E-state index contributed by atoms with van der Waals surface area (Å²) in [6, 6.07) is 4.78. The van der Waals surface area contributed by atoms with Gasteiger partial charge in [-0.1, -0.05) is 0 Å². The third kappa shape index (κ3) is 3.22. The Morgan fingerprint density at radius 1 is 1.35 bits per heavy atom. The van der Waals surface area contributed by atoms with Gasteiger partial charge in [0.05, 0.1) is 18.9 Å². The second-order valence-electron chi connectivity index (χ2n) is 5.39. The smallest absolute Gasteiger partial charge is 0.142 e. The molecule has 1 unspecified atom stereocenters. The molecule has 2 aliphatic heterocycles. The van der Waals surface area contributed by atoms with Crippen molar-refractivity contribution in [2.45, 2.75) is 6.42 Å². The Morgan fingerprint density at radius 3 is 2.95 bits per heavy atom. The molecule has 0 amide bonds. The van der Waals surface area contributed by atoms with Crippen LogP contribution in [0.2, 0.25) is 0 Å². The van der Waals surface area contributed by atoms with Gasteiger partial charge in [0.1, 0.15) is 11.6 Å². The van der Waals surface area contributed by atoms with Gasteiger partial charge in [-0.05, 0) is 18.6 Å². The minimum Gasteiger partial charge on any atom is -0.491 e. The number of nitrogens with one attached hydrogen (secondary N) is 1. The summed E-state index contributed by atoms with van der Waals surface area (Å²) in [4.78, 5) is 2.18. The van der Waals surface area contributed by atoms with Crippen LogP contribution in [-0.4, -0.2) is 46.0 Å². The van der Waals surface area contributed by atoms with Crippen LogP contribution < -0.4 is 15.0 Å². The van der Waals surface area contributed by atoms with E-state index < -0.39 is 0 Å². The van der Waals surface area contributed by atoms with Crippen LogP contribution in [0.4, 0.5) is 10.1 Å². The molecule has 0 radical (unpaired) electrons. The number of nitrogens with zero attached hydrogens (tertiary/aromatic N) is 1. The van der Waals surface area contributed by atoms with E-state index in [-0.39, 0.29) is 5.82 Å². The highest BCUT2D eigenvalue weighted by Gasteiger charge is 2.19. The van der Waals surface area contributed by atoms with Crippen LogP contribution in [0.1, 0.15) is 6.42 Å². The van der Waals surface area contributed by atoms with Crippen molar-refractivity contribution in [3.8, 4) is 5.75 Å². The van der Waals surface area contributed by atoms with Crippen molar-refractivity contribution in [3.63, 3.8) is 0 Å². The second-order valence-corrected chi connectivity index (χ2v) is 5.39. The van der Waals surface area contributed by atoms with Gasteiger partial charge in [-0.3, -0.25) is 0 Å². The van der Waals surface area contributed by atoms with E-state index in [9.17, 15) is 4.39 Å². The van der Waals surface area contributed by atoms with Gasteiger partial charge in [0.15, 0.2) is 0 Å². The van der Waals surface area contributed by atoms with E-state index in [2.05, 4.69) is 10.2 Å². The van der Waals surface area contributed by atoms with Crippen molar-refractivity contribution in [2.75, 3.05) is 50.9 Å². The standard InChI is InChI=1S/C15H21FN2O2/c16-13-1-2-15(20-11-12-3-8-19-10-12)14(9-13)18-6-4-17-5-7-18/h1-2,9,12,17H,3-8,10-11H2. The molecular formula is C15H21FN2O2. The summed E-state index contributed by atoms with van der Waals surface area (Å²) in [7, 11) is 0. The lowest BCUT2D eigenvalue weighted by Crippen LogP contribution is -2.43. The van der Waals surface area contributed by atoms with Crippen LogP contribution in [0, 0.1) is 11.7 Å². The predicted molar refractivity (Wildman–Crippen MR) is 75.9 cm³/mol. The third-order valence-electron chi connectivity index (χ3n) is 3.88. The SMILES string of the molecule is Fc1ccc(OCC2CCOC2)c(N2CCNCC2)c1. The first kappa shape index (κ1) is 13.6. The fourth-order valence-corrected chi connectivity index (χ4v) is 2.69. The first-order valence-corrected chi connectivity index (χ1v) is 7.29. The first-order valence-electron chi connectivity index (χ1n) is 7.29. The summed E-state index contributed by atoms with van der Waals surface area (Å²) in [5.74, 6) is 1.02. The molecule has 1 aromatic carbocycles. The molecule has 4 nitrogen and oxygen atoms in total. The van der Waals surface area contributed by atoms with E-state index in [0.29, 0.717) is 12.5 Å². The molecule has 2 aliphatic rings. The van der Waals surface area contributed by atoms with Crippen molar-refractivity contribution >= 4 is 5.69 Å². The Labute approximate surface area is 118 Å². The highest BCUT2D eigenvalue weighted by molar-refractivity contribution is 5.59. The number of benzene rings is 1. The molecule has 2 saturated heterocycles. The number of hydrogen-bond acceptors (Lipinski definition) is 4. The van der Waals surface area contributed by atoms with Gasteiger partial charge in [0.25, 0.3) is 0 Å². The minimum absolute atomic E-state index is 0.213. The Hall–Kier alpha value is -1.33. The lowest BCUT2D eigenvalue weighted by Gasteiger charge is -2.31. The molecule has 0 spiro atoms. The van der Waals surface area contributed by atoms with Crippen molar-refractivity contribution in [1.82, 2.24) is 5.32 Å². The maximum absolute atomic E-state index is 13.5. The summed E-state index contributed by atoms with van der Waals surface area (Å²) in [6.45, 7) is 5.84. The molecule has 0 bridgehead atoms. The zero-order valence-electron chi connectivity index (χ0n) is 11.6. The largest absolute Gasteiger partial charge is 0.491 e. The van der Waals surface area contributed by atoms with Crippen molar-refractivity contribution in [2.24, 2.45) is 5.92 Å². The number of piperazine rings is 1. The van der Waals surface area contributed by atoms with Crippen LogP contribution in [0.15, 0.2) is 18.2 Å². The molecule has 2 heterocycles. The van der Waals surface area contributed by atoms with E-state index in [1.165, 1.54) is 6.07 Å². The number of hydrogen-bond donors (Lipinski definition) is 1. The van der Waals surface area contributed by atoms with Crippen LogP contribution in [0.3, 0.4) is 0 Å². The monoisotopic (exact) mass is 280 g/mol. The van der Waals surface area contributed by atoms with Gasteiger partial charge < -0.3 is 19.7 Å². The molecule has 0 aliphatic carbocycles. The number of ether oxygens (including phenoxy) is 2. The molecule has 0 aromatic heterocycles. The van der Waals surface area contributed by atoms with E-state index in [0.717, 1.165) is 57.3 Å². The molecule has 2 fully saturated rings. The fraction of sp³-hybridized carbons (Fsp3) is 0.600. The lowest BCUT2D eigenvalue weighted by molar-refractivity contribution is 0.167. The number of rotatable bonds is 4. The molecular weight excluding hydrogens is 259 g/mol. The van der Waals surface area contributed by atoms with E-state index in [1.54, 1.807) is 12.1 Å². The summed E-state index contributed by atoms with van der Waals surface area (Å²) >= 11 is 0. The summed E-state index contributed by atoms with van der Waals surface area (Å²) in [5.41, 5.74) is 0.866. The average molecular weight is 280 g/mol. The number of halogens is 1. The van der Waals surface area contributed by atoms with E-state index >= 15 is 0 Å². The number of anilines is 1. The predicted octanol–water partition coefficient (Wildman–Crippen LogP) is 1.65. The van der Waals surface area contributed by atoms with Crippen molar-refractivity contribution in [3.05, 3.63) is 24.0 Å². The zero-order chi connectivity index (χ0) is 13.8. The van der Waals surface area contributed by atoms with Gasteiger partial charge in [0, 0.05) is 44.8 Å². The Kier molecular flexibility index (Phi) is 4.38. The molecule has 20 heavy (non-hydrogen) atoms. The van der Waals surface area contributed by atoms with Crippen molar-refractivity contribution < 1.29 is 13.9 Å². The lowest BCUT2D eigenvalue weighted by atomic mass is 10.1. The Bertz CT molecular complexity index is 443. The van der Waals surface area contributed by atoms with Crippen LogP contribution >= 0.6 is 0 Å². The fourth-order valence-electron chi connectivity index (χ4n) is 2.69. The van der Waals surface area contributed by atoms with Crippen molar-refractivity contribution in [1.29, 1.82) is 0 Å². The van der Waals surface area contributed by atoms with Gasteiger partial charge in [0.2, 0.25) is 0 Å². The quantitative estimate of drug-likeness (QED) is 0.909. The van der Waals surface area contributed by atoms with Gasteiger partial charge in [-0.25, -0.2) is 4.39 Å². The summed E-state index contributed by atoms with van der Waals surface area (Å²) in [5, 5.41) is 3.30. The molecule has 0 saturated carbocycles. The highest BCUT2D eigenvalue weighted by atomic mass is 19.1. The topological polar surface area (TPSA) is 33.7 Å². The normalized spacial score (nSPS) is 23.1. The molecule has 5 heteroatoms. The molecule has 1 N–H and O–H groups in total. The highest BCUT2D eigenvalue weighted by Crippen LogP contribution is 2.30. The van der Waals surface area contributed by atoms with Crippen LogP contribution in [-0.2, 0) is 4.74 Å². The second kappa shape index (κ2) is 6.41. The maximum atomic E-state index is 13.5. The zero-order valence-corrected chi connectivity index (χ0v) is 11.6. The molecule has 110 valence electrons. The summed E-state index contributed by atoms with van der Waals surface area (Å²) < 4.78 is 24.8. The molecule has 3 rings (SSSR count). The average Bonchev–Trinajstić information content (AvgIpc) is 3.00. The van der Waals surface area contributed by atoms with E-state index in [4.69, 9.17) is 9.47 Å². The van der Waals surface area contributed by atoms with Crippen LogP contribution in [0.25, 0.3) is 0 Å². The maximum Gasteiger partial charge on any atom is 0.142 e. The molecule has 1 atom stereocenters. The van der Waals surface area contributed by atoms with Gasteiger partial charge >= 0.3 is 0 Å². The summed E-state index contributed by atoms with van der Waals surface area (Å²) in [6.07, 6.45) is 1.05. The Morgan fingerprint density at radius 2 is 2.20 bits per heavy atom. The Balaban J connectivity index is 1.71.